The second-order valence-corrected chi connectivity index (χ2v) is 10.1. The molecular weight excluding hydrogens is 456 g/mol. The highest BCUT2D eigenvalue weighted by Crippen LogP contribution is 2.29. The van der Waals surface area contributed by atoms with Gasteiger partial charge in [-0.15, -0.1) is 0 Å². The highest BCUT2D eigenvalue weighted by atomic mass is 35.5. The highest BCUT2D eigenvalue weighted by molar-refractivity contribution is 6.29. The molecule has 4 nitrogen and oxygen atoms in total. The summed E-state index contributed by atoms with van der Waals surface area (Å²) in [5, 5.41) is 17.1. The fourth-order valence-electron chi connectivity index (χ4n) is 4.36. The summed E-state index contributed by atoms with van der Waals surface area (Å²) in [6.45, 7) is 6.99. The predicted molar refractivity (Wildman–Crippen MR) is 145 cm³/mol. The molecule has 2 atom stereocenters. The first-order valence-corrected chi connectivity index (χ1v) is 12.4. The van der Waals surface area contributed by atoms with Crippen LogP contribution in [0.3, 0.4) is 0 Å². The zero-order chi connectivity index (χ0) is 24.8. The molecule has 35 heavy (non-hydrogen) atoms. The molecule has 0 radical (unpaired) electrons. The van der Waals surface area contributed by atoms with Crippen molar-refractivity contribution in [3.8, 4) is 11.3 Å². The molecule has 1 heterocycles. The van der Waals surface area contributed by atoms with Crippen LogP contribution < -0.4 is 5.32 Å². The molecule has 0 aliphatic heterocycles. The number of rotatable bonds is 10. The van der Waals surface area contributed by atoms with E-state index < -0.39 is 6.10 Å². The van der Waals surface area contributed by atoms with Crippen molar-refractivity contribution in [2.24, 2.45) is 0 Å². The smallest absolute Gasteiger partial charge is 0.129 e. The van der Waals surface area contributed by atoms with Gasteiger partial charge in [-0.1, -0.05) is 84.4 Å². The minimum absolute atomic E-state index is 0.167. The Balaban J connectivity index is 1.31. The van der Waals surface area contributed by atoms with Gasteiger partial charge in [0.05, 0.1) is 24.5 Å². The maximum Gasteiger partial charge on any atom is 0.129 e. The van der Waals surface area contributed by atoms with Gasteiger partial charge >= 0.3 is 0 Å². The van der Waals surface area contributed by atoms with E-state index in [4.69, 9.17) is 16.3 Å². The number of pyridine rings is 1. The van der Waals surface area contributed by atoms with Crippen molar-refractivity contribution in [1.82, 2.24) is 10.3 Å². The van der Waals surface area contributed by atoms with Gasteiger partial charge in [-0.25, -0.2) is 4.98 Å². The van der Waals surface area contributed by atoms with Gasteiger partial charge in [-0.3, -0.25) is 0 Å². The largest absolute Gasteiger partial charge is 0.389 e. The third-order valence-electron chi connectivity index (χ3n) is 6.20. The molecule has 0 aliphatic carbocycles. The summed E-state index contributed by atoms with van der Waals surface area (Å²) in [5.74, 6) is 0. The van der Waals surface area contributed by atoms with E-state index in [1.165, 1.54) is 16.3 Å². The van der Waals surface area contributed by atoms with E-state index in [-0.39, 0.29) is 18.2 Å². The van der Waals surface area contributed by atoms with Crippen LogP contribution in [0.25, 0.3) is 22.0 Å². The van der Waals surface area contributed by atoms with E-state index in [2.05, 4.69) is 66.6 Å². The van der Waals surface area contributed by atoms with Gasteiger partial charge in [0, 0.05) is 17.6 Å². The van der Waals surface area contributed by atoms with Crippen LogP contribution in [0.1, 0.15) is 38.0 Å². The minimum atomic E-state index is -0.621. The normalized spacial score (nSPS) is 13.6. The first-order valence-electron chi connectivity index (χ1n) is 12.0. The number of aliphatic hydroxyl groups excluding tert-OH is 1. The predicted octanol–water partition coefficient (Wildman–Crippen LogP) is 6.60. The van der Waals surface area contributed by atoms with E-state index >= 15 is 0 Å². The zero-order valence-electron chi connectivity index (χ0n) is 20.5. The molecule has 1 unspecified atom stereocenters. The molecule has 4 rings (SSSR count). The average Bonchev–Trinajstić information content (AvgIpc) is 2.86. The lowest BCUT2D eigenvalue weighted by Gasteiger charge is -2.28. The molecule has 0 saturated heterocycles. The summed E-state index contributed by atoms with van der Waals surface area (Å²) in [6.07, 6.45) is 0.0407. The van der Waals surface area contributed by atoms with Crippen molar-refractivity contribution in [2.45, 2.75) is 44.9 Å². The zero-order valence-corrected chi connectivity index (χ0v) is 21.3. The monoisotopic (exact) mass is 488 g/mol. The van der Waals surface area contributed by atoms with Crippen LogP contribution in [-0.4, -0.2) is 34.9 Å². The SMILES string of the molecule is CC(OC[C@H](O)CNC(C)(C)Cc1ccc2ccccc2c1)c1ccccc1-c1cccc(Cl)n1. The van der Waals surface area contributed by atoms with E-state index in [0.717, 1.165) is 23.2 Å². The summed E-state index contributed by atoms with van der Waals surface area (Å²) in [6, 6.07) is 28.6. The number of aliphatic hydroxyl groups is 1. The summed E-state index contributed by atoms with van der Waals surface area (Å²) in [5.41, 5.74) is 3.90. The number of aromatic nitrogens is 1. The Kier molecular flexibility index (Phi) is 8.19. The Morgan fingerprint density at radius 2 is 1.69 bits per heavy atom. The fourth-order valence-corrected chi connectivity index (χ4v) is 4.53. The lowest BCUT2D eigenvalue weighted by atomic mass is 9.93. The standard InChI is InChI=1S/C30H33ClN2O2/c1-21(26-11-6-7-12-27(26)28-13-8-14-29(31)33-28)35-20-25(34)19-32-30(2,3)18-22-15-16-23-9-4-5-10-24(23)17-22/h4-17,21,25,32,34H,18-20H2,1-3H3/t21?,25-/m1/s1. The lowest BCUT2D eigenvalue weighted by molar-refractivity contribution is -0.00397. The molecule has 0 saturated carbocycles. The van der Waals surface area contributed by atoms with E-state index in [9.17, 15) is 5.11 Å². The molecule has 2 N–H and O–H groups in total. The number of ether oxygens (including phenoxy) is 1. The van der Waals surface area contributed by atoms with Gasteiger partial charge in [0.25, 0.3) is 0 Å². The first-order chi connectivity index (χ1) is 16.8. The Morgan fingerprint density at radius 1 is 0.943 bits per heavy atom. The van der Waals surface area contributed by atoms with Crippen molar-refractivity contribution >= 4 is 22.4 Å². The number of nitrogens with one attached hydrogen (secondary N) is 1. The Bertz CT molecular complexity index is 1270. The number of halogens is 1. The Labute approximate surface area is 212 Å². The van der Waals surface area contributed by atoms with Crippen molar-refractivity contribution in [3.05, 3.63) is 101 Å². The van der Waals surface area contributed by atoms with Crippen LogP contribution in [0.4, 0.5) is 0 Å². The molecule has 4 aromatic rings. The van der Waals surface area contributed by atoms with Gasteiger partial charge in [0.1, 0.15) is 5.15 Å². The molecular formula is C30H33ClN2O2. The number of hydrogen-bond acceptors (Lipinski definition) is 4. The van der Waals surface area contributed by atoms with Crippen molar-refractivity contribution in [1.29, 1.82) is 0 Å². The first kappa shape index (κ1) is 25.3. The molecule has 182 valence electrons. The molecule has 0 aliphatic rings. The van der Waals surface area contributed by atoms with Gasteiger partial charge in [-0.05, 0) is 61.2 Å². The average molecular weight is 489 g/mol. The number of nitrogens with zero attached hydrogens (tertiary/aromatic N) is 1. The summed E-state index contributed by atoms with van der Waals surface area (Å²) >= 11 is 6.10. The maximum atomic E-state index is 10.6. The number of hydrogen-bond donors (Lipinski definition) is 2. The van der Waals surface area contributed by atoms with Crippen LogP contribution in [-0.2, 0) is 11.2 Å². The highest BCUT2D eigenvalue weighted by Gasteiger charge is 2.20. The number of fused-ring (bicyclic) bond motifs is 1. The van der Waals surface area contributed by atoms with Gasteiger partial charge in [-0.2, -0.15) is 0 Å². The van der Waals surface area contributed by atoms with Gasteiger partial charge in [0.15, 0.2) is 0 Å². The van der Waals surface area contributed by atoms with Crippen LogP contribution in [0.2, 0.25) is 5.15 Å². The van der Waals surface area contributed by atoms with Crippen LogP contribution in [0.15, 0.2) is 84.9 Å². The van der Waals surface area contributed by atoms with Crippen molar-refractivity contribution in [2.75, 3.05) is 13.2 Å². The number of β-amino-alcohol motifs (C(OH)–C–C–N with tert-alkyl or cyclic N) is 1. The minimum Gasteiger partial charge on any atom is -0.389 e. The van der Waals surface area contributed by atoms with Crippen molar-refractivity contribution < 1.29 is 9.84 Å². The fraction of sp³-hybridized carbons (Fsp3) is 0.300. The van der Waals surface area contributed by atoms with Gasteiger partial charge < -0.3 is 15.2 Å². The second-order valence-electron chi connectivity index (χ2n) is 9.69. The van der Waals surface area contributed by atoms with E-state index in [1.807, 2.05) is 43.3 Å². The Morgan fingerprint density at radius 3 is 2.49 bits per heavy atom. The van der Waals surface area contributed by atoms with Crippen molar-refractivity contribution in [3.63, 3.8) is 0 Å². The topological polar surface area (TPSA) is 54.4 Å². The molecule has 0 amide bonds. The van der Waals surface area contributed by atoms with Crippen LogP contribution in [0, 0.1) is 0 Å². The lowest BCUT2D eigenvalue weighted by Crippen LogP contribution is -2.46. The number of benzene rings is 3. The third kappa shape index (κ3) is 6.89. The van der Waals surface area contributed by atoms with Gasteiger partial charge in [0.2, 0.25) is 0 Å². The Hall–Kier alpha value is -2.76. The summed E-state index contributed by atoms with van der Waals surface area (Å²) in [7, 11) is 0. The molecule has 0 spiro atoms. The summed E-state index contributed by atoms with van der Waals surface area (Å²) in [4.78, 5) is 4.44. The third-order valence-corrected chi connectivity index (χ3v) is 6.42. The molecule has 1 aromatic heterocycles. The molecule has 0 bridgehead atoms. The second kappa shape index (κ2) is 11.3. The quantitative estimate of drug-likeness (QED) is 0.247. The van der Waals surface area contributed by atoms with Crippen LogP contribution in [0.5, 0.6) is 0 Å². The summed E-state index contributed by atoms with van der Waals surface area (Å²) < 4.78 is 6.06. The van der Waals surface area contributed by atoms with E-state index in [1.54, 1.807) is 6.07 Å². The maximum absolute atomic E-state index is 10.6. The molecule has 3 aromatic carbocycles. The molecule has 0 fully saturated rings. The van der Waals surface area contributed by atoms with E-state index in [0.29, 0.717) is 11.7 Å². The van der Waals surface area contributed by atoms with Crippen LogP contribution >= 0.6 is 11.6 Å². The molecule has 5 heteroatoms.